The average molecular weight is 566 g/mol. The van der Waals surface area contributed by atoms with Gasteiger partial charge >= 0.3 is 21.3 Å². The van der Waals surface area contributed by atoms with Crippen molar-refractivity contribution in [1.82, 2.24) is 9.55 Å². The molecule has 11 atom stereocenters. The van der Waals surface area contributed by atoms with Gasteiger partial charge in [0.1, 0.15) is 42.7 Å². The second-order valence-corrected chi connectivity index (χ2v) is 10.7. The SMILES string of the molecule is O=c1ccn([C@@H]2O[C@H](COP(=O)(O)OP(=O)(O)O[C@H]3OC(CO)[C@H](O)C(O)C3O)C(O)C2O)c(=O)[nH]1. The van der Waals surface area contributed by atoms with E-state index in [9.17, 15) is 54.0 Å². The van der Waals surface area contributed by atoms with Crippen molar-refractivity contribution >= 4 is 15.6 Å². The van der Waals surface area contributed by atoms with Gasteiger partial charge in [-0.05, 0) is 0 Å². The van der Waals surface area contributed by atoms with E-state index in [-0.39, 0.29) is 0 Å². The number of ether oxygens (including phenoxy) is 2. The first-order valence-corrected chi connectivity index (χ1v) is 13.0. The van der Waals surface area contributed by atoms with Crippen LogP contribution in [0.25, 0.3) is 0 Å². The summed E-state index contributed by atoms with van der Waals surface area (Å²) in [5.41, 5.74) is -1.75. The summed E-state index contributed by atoms with van der Waals surface area (Å²) < 4.78 is 48.1. The molecule has 3 rings (SSSR count). The number of nitrogens with one attached hydrogen (secondary N) is 1. The smallest absolute Gasteiger partial charge is 0.394 e. The number of aliphatic hydroxyl groups excluding tert-OH is 6. The third kappa shape index (κ3) is 6.54. The van der Waals surface area contributed by atoms with E-state index in [2.05, 4.69) is 13.4 Å². The number of hydrogen-bond donors (Lipinski definition) is 9. The van der Waals surface area contributed by atoms with Crippen LogP contribution in [-0.2, 0) is 32.0 Å². The second kappa shape index (κ2) is 11.2. The lowest BCUT2D eigenvalue weighted by Crippen LogP contribution is -2.58. The van der Waals surface area contributed by atoms with Crippen molar-refractivity contribution in [2.75, 3.05) is 13.2 Å². The van der Waals surface area contributed by atoms with Crippen LogP contribution in [0.5, 0.6) is 0 Å². The highest BCUT2D eigenvalue weighted by Crippen LogP contribution is 2.61. The van der Waals surface area contributed by atoms with Crippen LogP contribution in [0.3, 0.4) is 0 Å². The van der Waals surface area contributed by atoms with Crippen molar-refractivity contribution in [1.29, 1.82) is 0 Å². The summed E-state index contributed by atoms with van der Waals surface area (Å²) in [6.45, 7) is -1.93. The van der Waals surface area contributed by atoms with E-state index in [1.54, 1.807) is 0 Å². The first-order valence-electron chi connectivity index (χ1n) is 9.99. The van der Waals surface area contributed by atoms with E-state index < -0.39 is 95.4 Å². The minimum atomic E-state index is -5.59. The van der Waals surface area contributed by atoms with Crippen molar-refractivity contribution in [2.45, 2.75) is 55.2 Å². The predicted molar refractivity (Wildman–Crippen MR) is 109 cm³/mol. The topological polar surface area (TPSA) is 297 Å². The number of aromatic nitrogens is 2. The number of hydrogen-bond acceptors (Lipinski definition) is 15. The minimum Gasteiger partial charge on any atom is -0.394 e. The fraction of sp³-hybridized carbons (Fsp3) is 0.733. The molecule has 3 heterocycles. The van der Waals surface area contributed by atoms with Crippen LogP contribution in [0.15, 0.2) is 21.9 Å². The zero-order valence-corrected chi connectivity index (χ0v) is 19.6. The van der Waals surface area contributed by atoms with Crippen LogP contribution < -0.4 is 11.2 Å². The van der Waals surface area contributed by atoms with E-state index in [0.717, 1.165) is 16.8 Å². The summed E-state index contributed by atoms with van der Waals surface area (Å²) in [6.07, 6.45) is -15.4. The average Bonchev–Trinajstić information content (AvgIpc) is 3.06. The van der Waals surface area contributed by atoms with Gasteiger partial charge in [0.15, 0.2) is 12.5 Å². The molecule has 0 bridgehead atoms. The normalized spacial score (nSPS) is 38.4. The Hall–Kier alpha value is -1.38. The van der Waals surface area contributed by atoms with Crippen molar-refractivity contribution < 1.29 is 72.4 Å². The number of aromatic amines is 1. The number of rotatable bonds is 9. The molecule has 0 spiro atoms. The maximum atomic E-state index is 12.2. The van der Waals surface area contributed by atoms with Crippen LogP contribution in [0.2, 0.25) is 0 Å². The van der Waals surface area contributed by atoms with Gasteiger partial charge in [0.2, 0.25) is 0 Å². The maximum Gasteiger partial charge on any atom is 0.483 e. The standard InChI is InChI=1S/C15H24N2O17P2/c18-3-5-8(20)10(22)12(24)14(32-5)33-36(28,29)34-35(26,27)30-4-6-9(21)11(23)13(31-6)17-2-1-7(19)16-15(17)25/h1-2,5-6,8-14,18,20-24H,3-4H2,(H,26,27)(H,28,29)(H,16,19,25)/t5?,6-,8+,9?,10?,11?,12?,13-,14-/m1/s1. The molecule has 0 aliphatic carbocycles. The van der Waals surface area contributed by atoms with Gasteiger partial charge in [-0.3, -0.25) is 23.4 Å². The third-order valence-corrected chi connectivity index (χ3v) is 7.76. The molecule has 2 fully saturated rings. The number of phosphoric acid groups is 2. The van der Waals surface area contributed by atoms with Crippen LogP contribution in [0.1, 0.15) is 6.23 Å². The maximum absolute atomic E-state index is 12.2. The second-order valence-electron chi connectivity index (χ2n) is 7.68. The summed E-state index contributed by atoms with van der Waals surface area (Å²) in [6, 6.07) is 0.928. The lowest BCUT2D eigenvalue weighted by atomic mass is 10.00. The van der Waals surface area contributed by atoms with Crippen LogP contribution in [0.4, 0.5) is 0 Å². The molecule has 1 aromatic heterocycles. The molecule has 36 heavy (non-hydrogen) atoms. The summed E-state index contributed by atoms with van der Waals surface area (Å²) in [7, 11) is -11.1. The molecule has 9 N–H and O–H groups in total. The molecule has 2 aliphatic heterocycles. The van der Waals surface area contributed by atoms with Gasteiger partial charge in [0.25, 0.3) is 5.56 Å². The Kier molecular flexibility index (Phi) is 9.05. The summed E-state index contributed by atoms with van der Waals surface area (Å²) in [4.78, 5) is 44.5. The number of aliphatic hydroxyl groups is 6. The zero-order valence-electron chi connectivity index (χ0n) is 17.9. The van der Waals surface area contributed by atoms with Gasteiger partial charge in [-0.15, -0.1) is 0 Å². The lowest BCUT2D eigenvalue weighted by molar-refractivity contribution is -0.280. The molecule has 0 amide bonds. The van der Waals surface area contributed by atoms with Crippen molar-refractivity contribution in [3.63, 3.8) is 0 Å². The first-order chi connectivity index (χ1) is 16.7. The fourth-order valence-corrected chi connectivity index (χ4v) is 5.51. The van der Waals surface area contributed by atoms with E-state index in [0.29, 0.717) is 0 Å². The van der Waals surface area contributed by atoms with Crippen LogP contribution in [0, 0.1) is 0 Å². The Bertz CT molecular complexity index is 1120. The molecule has 7 unspecified atom stereocenters. The Morgan fingerprint density at radius 1 is 0.917 bits per heavy atom. The highest BCUT2D eigenvalue weighted by Gasteiger charge is 2.49. The third-order valence-electron chi connectivity index (χ3n) is 5.16. The first kappa shape index (κ1) is 29.2. The van der Waals surface area contributed by atoms with Gasteiger partial charge in [0, 0.05) is 12.3 Å². The molecule has 0 aromatic carbocycles. The number of H-pyrrole nitrogens is 1. The van der Waals surface area contributed by atoms with Gasteiger partial charge in [0.05, 0.1) is 13.2 Å². The molecular weight excluding hydrogens is 542 g/mol. The zero-order chi connectivity index (χ0) is 27.0. The largest absolute Gasteiger partial charge is 0.483 e. The number of phosphoric ester groups is 2. The molecule has 0 radical (unpaired) electrons. The Morgan fingerprint density at radius 3 is 2.17 bits per heavy atom. The van der Waals surface area contributed by atoms with E-state index in [4.69, 9.17) is 14.6 Å². The molecule has 206 valence electrons. The summed E-state index contributed by atoms with van der Waals surface area (Å²) in [5.74, 6) is 0. The van der Waals surface area contributed by atoms with Gasteiger partial charge in [-0.1, -0.05) is 0 Å². The summed E-state index contributed by atoms with van der Waals surface area (Å²) in [5, 5.41) is 58.6. The molecule has 0 saturated carbocycles. The van der Waals surface area contributed by atoms with Gasteiger partial charge in [-0.2, -0.15) is 4.31 Å². The van der Waals surface area contributed by atoms with Gasteiger partial charge in [-0.25, -0.2) is 13.9 Å². The molecule has 2 aliphatic rings. The quantitative estimate of drug-likeness (QED) is 0.127. The van der Waals surface area contributed by atoms with Gasteiger partial charge < -0.3 is 49.9 Å². The minimum absolute atomic E-state index is 0.723. The highest BCUT2D eigenvalue weighted by atomic mass is 31.3. The molecule has 19 nitrogen and oxygen atoms in total. The molecule has 1 aromatic rings. The Labute approximate surface area is 199 Å². The highest BCUT2D eigenvalue weighted by molar-refractivity contribution is 7.61. The van der Waals surface area contributed by atoms with Crippen molar-refractivity contribution in [3.8, 4) is 0 Å². The number of nitrogens with zero attached hydrogens (tertiary/aromatic N) is 1. The molecule has 21 heteroatoms. The molecule has 2 saturated heterocycles. The van der Waals surface area contributed by atoms with E-state index in [1.807, 2.05) is 4.98 Å². The fourth-order valence-electron chi connectivity index (χ4n) is 3.35. The Morgan fingerprint density at radius 2 is 1.56 bits per heavy atom. The van der Waals surface area contributed by atoms with Crippen molar-refractivity contribution in [2.24, 2.45) is 0 Å². The molecular formula is C15H24N2O17P2. The lowest BCUT2D eigenvalue weighted by Gasteiger charge is -2.39. The Balaban J connectivity index is 1.61. The monoisotopic (exact) mass is 566 g/mol. The van der Waals surface area contributed by atoms with E-state index in [1.165, 1.54) is 0 Å². The van der Waals surface area contributed by atoms with Crippen LogP contribution in [-0.4, -0.2) is 112 Å². The van der Waals surface area contributed by atoms with Crippen LogP contribution >= 0.6 is 15.6 Å². The predicted octanol–water partition coefficient (Wildman–Crippen LogP) is -4.79. The van der Waals surface area contributed by atoms with Crippen molar-refractivity contribution in [3.05, 3.63) is 33.1 Å². The summed E-state index contributed by atoms with van der Waals surface area (Å²) >= 11 is 0. The van der Waals surface area contributed by atoms with E-state index >= 15 is 0 Å².